The molecule has 10 nitrogen and oxygen atoms in total. The number of pyridine rings is 2. The lowest BCUT2D eigenvalue weighted by molar-refractivity contribution is -0.171. The topological polar surface area (TPSA) is 164 Å². The average molecular weight is 617 g/mol. The molecule has 0 radical (unpaired) electrons. The molecule has 0 unspecified atom stereocenters. The van der Waals surface area contributed by atoms with Crippen molar-refractivity contribution in [1.29, 1.82) is 0 Å². The van der Waals surface area contributed by atoms with E-state index in [-0.39, 0.29) is 24.3 Å². The van der Waals surface area contributed by atoms with Crippen LogP contribution in [0.3, 0.4) is 0 Å². The van der Waals surface area contributed by atoms with Gasteiger partial charge in [-0.15, -0.1) is 0 Å². The van der Waals surface area contributed by atoms with Crippen LogP contribution in [0.4, 0.5) is 0 Å². The fourth-order valence-corrected chi connectivity index (χ4v) is 4.24. The third-order valence-corrected chi connectivity index (χ3v) is 6.73. The first-order valence-corrected chi connectivity index (χ1v) is 15.3. The van der Waals surface area contributed by atoms with E-state index in [1.807, 2.05) is 60.8 Å². The highest BCUT2D eigenvalue weighted by atomic mass is 16.5. The van der Waals surface area contributed by atoms with Crippen LogP contribution in [-0.4, -0.2) is 55.5 Å². The minimum Gasteiger partial charge on any atom is -0.481 e. The predicted octanol–water partition coefficient (Wildman–Crippen LogP) is 6.06. The summed E-state index contributed by atoms with van der Waals surface area (Å²) in [5.74, 6) is -1.57. The molecule has 1 fully saturated rings. The monoisotopic (exact) mass is 616 g/mol. The Kier molecular flexibility index (Phi) is 16.6. The van der Waals surface area contributed by atoms with Crippen LogP contribution in [0.2, 0.25) is 0 Å². The number of nitrogens with zero attached hydrogens (tertiary/aromatic N) is 3. The van der Waals surface area contributed by atoms with Gasteiger partial charge in [0, 0.05) is 54.5 Å². The number of aliphatic carboxylic acids is 1. The molecule has 3 heterocycles. The van der Waals surface area contributed by atoms with E-state index >= 15 is 0 Å². The molecule has 1 aliphatic rings. The molecule has 10 heteroatoms. The third-order valence-electron chi connectivity index (χ3n) is 6.73. The fraction of sp³-hybridized carbons (Fsp3) is 0.371. The maximum absolute atomic E-state index is 11.8. The van der Waals surface area contributed by atoms with Crippen molar-refractivity contribution < 1.29 is 29.5 Å². The second kappa shape index (κ2) is 20.4. The summed E-state index contributed by atoms with van der Waals surface area (Å²) < 4.78 is 0. The number of unbranched alkanes of at least 4 members (excludes halogenated alkanes) is 3. The highest BCUT2D eigenvalue weighted by molar-refractivity contribution is 6.00. The van der Waals surface area contributed by atoms with Crippen molar-refractivity contribution in [3.05, 3.63) is 84.4 Å². The highest BCUT2D eigenvalue weighted by Crippen LogP contribution is 2.15. The molecule has 0 atom stereocenters. The summed E-state index contributed by atoms with van der Waals surface area (Å²) in [5.41, 5.74) is 6.62. The standard InChI is InChI=1S/C16H19NO.C11H9NO2.C4H5NO3.C4H11N/c1-2-3-4-9-16(18)11-15-10-13-7-5-6-8-14(13)12-17-15;13-11(14)6-10-5-8-3-1-2-4-9(8)7-12-10;6-3-1-2-4(7)5(3)8;1-2-3-4-5/h5-8,10,12H,2-4,9,11H2,1H3;1-5,7H,6H2,(H,13,14);8H,1-2H2;2-5H2,1H3. The maximum atomic E-state index is 11.8. The number of aromatic nitrogens is 2. The Labute approximate surface area is 264 Å². The van der Waals surface area contributed by atoms with Crippen LogP contribution in [0.5, 0.6) is 0 Å². The molecule has 1 saturated heterocycles. The molecule has 4 N–H and O–H groups in total. The zero-order valence-corrected chi connectivity index (χ0v) is 26.2. The third kappa shape index (κ3) is 13.7. The van der Waals surface area contributed by atoms with Crippen molar-refractivity contribution in [1.82, 2.24) is 15.0 Å². The van der Waals surface area contributed by atoms with Gasteiger partial charge in [0.1, 0.15) is 5.78 Å². The summed E-state index contributed by atoms with van der Waals surface area (Å²) >= 11 is 0. The summed E-state index contributed by atoms with van der Waals surface area (Å²) in [5, 5.41) is 21.5. The van der Waals surface area contributed by atoms with Crippen LogP contribution in [0.1, 0.15) is 76.6 Å². The van der Waals surface area contributed by atoms with Crippen LogP contribution in [-0.2, 0) is 32.0 Å². The van der Waals surface area contributed by atoms with Gasteiger partial charge in [-0.1, -0.05) is 81.6 Å². The number of rotatable bonds is 10. The van der Waals surface area contributed by atoms with Gasteiger partial charge < -0.3 is 10.8 Å². The predicted molar refractivity (Wildman–Crippen MR) is 175 cm³/mol. The number of imide groups is 1. The molecule has 2 aromatic carbocycles. The number of hydrogen-bond acceptors (Lipinski definition) is 8. The van der Waals surface area contributed by atoms with E-state index < -0.39 is 17.8 Å². The molecular formula is C35H44N4O6. The number of ketones is 1. The molecule has 0 spiro atoms. The highest BCUT2D eigenvalue weighted by Gasteiger charge is 2.26. The Morgan fingerprint density at radius 3 is 1.60 bits per heavy atom. The second-order valence-corrected chi connectivity index (χ2v) is 10.5. The van der Waals surface area contributed by atoms with E-state index in [0.717, 1.165) is 53.0 Å². The molecule has 240 valence electrons. The van der Waals surface area contributed by atoms with Crippen LogP contribution >= 0.6 is 0 Å². The number of amides is 2. The van der Waals surface area contributed by atoms with Gasteiger partial charge in [-0.2, -0.15) is 5.06 Å². The number of Topliss-reactive ketones (excluding diaryl/α,β-unsaturated/α-hetero) is 1. The van der Waals surface area contributed by atoms with Crippen molar-refractivity contribution in [3.8, 4) is 0 Å². The van der Waals surface area contributed by atoms with Crippen molar-refractivity contribution in [2.45, 2.75) is 78.1 Å². The molecule has 5 rings (SSSR count). The fourth-order valence-electron chi connectivity index (χ4n) is 4.24. The lowest BCUT2D eigenvalue weighted by Gasteiger charge is -2.02. The van der Waals surface area contributed by atoms with Gasteiger partial charge in [0.2, 0.25) is 0 Å². The van der Waals surface area contributed by atoms with Crippen molar-refractivity contribution in [3.63, 3.8) is 0 Å². The van der Waals surface area contributed by atoms with Crippen molar-refractivity contribution in [2.75, 3.05) is 6.54 Å². The number of nitrogens with two attached hydrogens (primary N) is 1. The van der Waals surface area contributed by atoms with E-state index in [4.69, 9.17) is 16.0 Å². The molecule has 1 aliphatic heterocycles. The Hall–Kier alpha value is -4.54. The van der Waals surface area contributed by atoms with Gasteiger partial charge in [-0.3, -0.25) is 34.4 Å². The molecule has 0 saturated carbocycles. The number of hydrogen-bond donors (Lipinski definition) is 3. The van der Waals surface area contributed by atoms with Gasteiger partial charge in [0.25, 0.3) is 11.8 Å². The van der Waals surface area contributed by atoms with Crippen LogP contribution in [0.15, 0.2) is 73.1 Å². The van der Waals surface area contributed by atoms with Crippen molar-refractivity contribution in [2.24, 2.45) is 5.73 Å². The SMILES string of the molecule is CCCCCC(=O)Cc1cc2ccccc2cn1.CCCCN.O=C(O)Cc1cc2ccccc2cn1.O=C1CCC(=O)N1O. The van der Waals surface area contributed by atoms with Gasteiger partial charge >= 0.3 is 5.97 Å². The number of carboxylic acids is 1. The summed E-state index contributed by atoms with van der Waals surface area (Å²) in [6, 6.07) is 19.7. The summed E-state index contributed by atoms with van der Waals surface area (Å²) in [6.07, 6.45) is 10.7. The Morgan fingerprint density at radius 1 is 0.756 bits per heavy atom. The van der Waals surface area contributed by atoms with E-state index in [2.05, 4.69) is 29.9 Å². The zero-order chi connectivity index (χ0) is 33.0. The number of benzene rings is 2. The van der Waals surface area contributed by atoms with Gasteiger partial charge in [0.05, 0.1) is 12.1 Å². The van der Waals surface area contributed by atoms with Crippen molar-refractivity contribution >= 4 is 45.1 Å². The first-order valence-electron chi connectivity index (χ1n) is 15.3. The minimum absolute atomic E-state index is 0.0230. The summed E-state index contributed by atoms with van der Waals surface area (Å²) in [6.45, 7) is 5.12. The Bertz CT molecular complexity index is 1520. The zero-order valence-electron chi connectivity index (χ0n) is 26.2. The minimum atomic E-state index is -0.854. The number of hydroxylamine groups is 2. The molecule has 2 amide bonds. The Morgan fingerprint density at radius 2 is 1.22 bits per heavy atom. The normalized spacial score (nSPS) is 12.0. The second-order valence-electron chi connectivity index (χ2n) is 10.5. The van der Waals surface area contributed by atoms with Crippen LogP contribution < -0.4 is 5.73 Å². The molecule has 2 aromatic heterocycles. The Balaban J connectivity index is 0.000000231. The number of fused-ring (bicyclic) bond motifs is 2. The first-order chi connectivity index (χ1) is 21.7. The molecular weight excluding hydrogens is 572 g/mol. The number of carbonyl (C=O) groups excluding carboxylic acids is 3. The van der Waals surface area contributed by atoms with E-state index in [1.165, 1.54) is 12.8 Å². The summed E-state index contributed by atoms with van der Waals surface area (Å²) in [4.78, 5) is 51.1. The first kappa shape index (κ1) is 36.7. The molecule has 4 aromatic rings. The van der Waals surface area contributed by atoms with Gasteiger partial charge in [-0.05, 0) is 42.3 Å². The maximum Gasteiger partial charge on any atom is 0.309 e. The van der Waals surface area contributed by atoms with Gasteiger partial charge in [-0.25, -0.2) is 0 Å². The van der Waals surface area contributed by atoms with E-state index in [1.54, 1.807) is 6.20 Å². The van der Waals surface area contributed by atoms with Crippen LogP contribution in [0, 0.1) is 0 Å². The quantitative estimate of drug-likeness (QED) is 0.109. The molecule has 0 bridgehead atoms. The van der Waals surface area contributed by atoms with Gasteiger partial charge in [0.15, 0.2) is 0 Å². The summed E-state index contributed by atoms with van der Waals surface area (Å²) in [7, 11) is 0. The lowest BCUT2D eigenvalue weighted by Crippen LogP contribution is -2.24. The van der Waals surface area contributed by atoms with E-state index in [0.29, 0.717) is 24.3 Å². The molecule has 45 heavy (non-hydrogen) atoms. The molecule has 0 aliphatic carbocycles. The largest absolute Gasteiger partial charge is 0.481 e. The lowest BCUT2D eigenvalue weighted by atomic mass is 10.1. The van der Waals surface area contributed by atoms with Crippen LogP contribution in [0.25, 0.3) is 21.5 Å². The van der Waals surface area contributed by atoms with E-state index in [9.17, 15) is 19.2 Å². The smallest absolute Gasteiger partial charge is 0.309 e. The number of carboxylic acid groups (broad SMARTS) is 1. The number of carbonyl (C=O) groups is 4. The average Bonchev–Trinajstić information content (AvgIpc) is 3.33.